The van der Waals surface area contributed by atoms with Gasteiger partial charge in [-0.15, -0.1) is 11.3 Å². The summed E-state index contributed by atoms with van der Waals surface area (Å²) in [5, 5.41) is 4.66. The number of hydrogen-bond donors (Lipinski definition) is 1. The quantitative estimate of drug-likeness (QED) is 0.790. The Morgan fingerprint density at radius 3 is 2.65 bits per heavy atom. The molecule has 140 valence electrons. The molecule has 3 rings (SSSR count). The Bertz CT molecular complexity index is 776. The average Bonchev–Trinajstić information content (AvgIpc) is 3.18. The van der Waals surface area contributed by atoms with E-state index in [-0.39, 0.29) is 12.0 Å². The number of ether oxygens (including phenoxy) is 2. The lowest BCUT2D eigenvalue weighted by Crippen LogP contribution is -2.36. The van der Waals surface area contributed by atoms with Gasteiger partial charge < -0.3 is 14.8 Å². The van der Waals surface area contributed by atoms with Crippen molar-refractivity contribution in [1.29, 1.82) is 0 Å². The molecular weight excluding hydrogens is 367 g/mol. The predicted molar refractivity (Wildman–Crippen MR) is 90.9 cm³/mol. The molecule has 1 saturated heterocycles. The predicted octanol–water partition coefficient (Wildman–Crippen LogP) is 4.07. The number of amides is 1. The number of halogens is 3. The van der Waals surface area contributed by atoms with E-state index in [4.69, 9.17) is 4.74 Å². The summed E-state index contributed by atoms with van der Waals surface area (Å²) in [6, 6.07) is 3.94. The van der Waals surface area contributed by atoms with Crippen molar-refractivity contribution in [2.75, 3.05) is 20.3 Å². The fraction of sp³-hybridized carbons (Fsp3) is 0.389. The van der Waals surface area contributed by atoms with Crippen LogP contribution in [0.4, 0.5) is 13.2 Å². The average molecular weight is 385 g/mol. The second-order valence-corrected chi connectivity index (χ2v) is 6.96. The van der Waals surface area contributed by atoms with E-state index in [2.05, 4.69) is 10.1 Å². The molecule has 26 heavy (non-hydrogen) atoms. The number of nitrogens with one attached hydrogen (secondary N) is 1. The van der Waals surface area contributed by atoms with Crippen molar-refractivity contribution in [3.05, 3.63) is 51.5 Å². The van der Waals surface area contributed by atoms with Crippen LogP contribution in [-0.2, 0) is 4.74 Å². The van der Waals surface area contributed by atoms with Gasteiger partial charge in [-0.2, -0.15) is 4.39 Å². The van der Waals surface area contributed by atoms with Gasteiger partial charge in [0.1, 0.15) is 0 Å². The zero-order chi connectivity index (χ0) is 18.7. The second-order valence-electron chi connectivity index (χ2n) is 5.98. The molecule has 2 heterocycles. The first-order chi connectivity index (χ1) is 12.5. The fourth-order valence-electron chi connectivity index (χ4n) is 3.08. The van der Waals surface area contributed by atoms with Gasteiger partial charge in [0, 0.05) is 18.1 Å². The Morgan fingerprint density at radius 2 is 2.04 bits per heavy atom. The van der Waals surface area contributed by atoms with Gasteiger partial charge in [-0.25, -0.2) is 8.78 Å². The van der Waals surface area contributed by atoms with Crippen LogP contribution in [-0.4, -0.2) is 26.2 Å². The first kappa shape index (κ1) is 18.7. The maximum absolute atomic E-state index is 14.4. The highest BCUT2D eigenvalue weighted by atomic mass is 32.1. The van der Waals surface area contributed by atoms with E-state index in [0.29, 0.717) is 19.3 Å². The van der Waals surface area contributed by atoms with Crippen LogP contribution in [0.3, 0.4) is 0 Å². The van der Waals surface area contributed by atoms with Crippen LogP contribution in [0.25, 0.3) is 0 Å². The molecule has 0 saturated carbocycles. The van der Waals surface area contributed by atoms with Crippen molar-refractivity contribution in [3.8, 4) is 5.75 Å². The highest BCUT2D eigenvalue weighted by Gasteiger charge is 2.30. The van der Waals surface area contributed by atoms with E-state index in [1.54, 1.807) is 0 Å². The van der Waals surface area contributed by atoms with E-state index < -0.39 is 34.7 Å². The fourth-order valence-corrected chi connectivity index (χ4v) is 3.95. The summed E-state index contributed by atoms with van der Waals surface area (Å²) in [6.07, 6.45) is 1.48. The van der Waals surface area contributed by atoms with E-state index in [9.17, 15) is 18.0 Å². The van der Waals surface area contributed by atoms with Gasteiger partial charge in [0.2, 0.25) is 5.82 Å². The first-order valence-corrected chi connectivity index (χ1v) is 9.04. The van der Waals surface area contributed by atoms with Gasteiger partial charge in [-0.3, -0.25) is 4.79 Å². The topological polar surface area (TPSA) is 47.6 Å². The van der Waals surface area contributed by atoms with Gasteiger partial charge in [0.05, 0.1) is 18.7 Å². The number of carbonyl (C=O) groups is 1. The van der Waals surface area contributed by atoms with E-state index >= 15 is 0 Å². The van der Waals surface area contributed by atoms with Crippen LogP contribution in [0.1, 0.15) is 34.1 Å². The number of methoxy groups -OCH3 is 1. The smallest absolute Gasteiger partial charge is 0.255 e. The van der Waals surface area contributed by atoms with Crippen LogP contribution in [0.5, 0.6) is 5.75 Å². The molecule has 4 nitrogen and oxygen atoms in total. The van der Waals surface area contributed by atoms with Crippen LogP contribution in [0.15, 0.2) is 23.6 Å². The number of carbonyl (C=O) groups excluding carboxylic acids is 1. The van der Waals surface area contributed by atoms with E-state index in [0.717, 1.165) is 24.8 Å². The Hall–Kier alpha value is -2.06. The van der Waals surface area contributed by atoms with Crippen molar-refractivity contribution in [1.82, 2.24) is 5.32 Å². The van der Waals surface area contributed by atoms with Crippen molar-refractivity contribution >= 4 is 17.2 Å². The Labute approximate surface area is 152 Å². The van der Waals surface area contributed by atoms with Crippen molar-refractivity contribution in [2.24, 2.45) is 5.92 Å². The van der Waals surface area contributed by atoms with Crippen molar-refractivity contribution in [2.45, 2.75) is 18.9 Å². The zero-order valence-electron chi connectivity index (χ0n) is 14.1. The Morgan fingerprint density at radius 1 is 1.31 bits per heavy atom. The summed E-state index contributed by atoms with van der Waals surface area (Å²) in [5.74, 6) is -5.63. The lowest BCUT2D eigenvalue weighted by Gasteiger charge is -2.30. The molecule has 2 aromatic rings. The van der Waals surface area contributed by atoms with Crippen LogP contribution >= 0.6 is 11.3 Å². The first-order valence-electron chi connectivity index (χ1n) is 8.16. The standard InChI is InChI=1S/C18H18F3NO3S/c1-24-17-14(20)11(9-12(19)15(17)21)18(23)22-16(13-3-2-8-26-13)10-4-6-25-7-5-10/h2-3,8-10,16H,4-7H2,1H3,(H,22,23). The summed E-state index contributed by atoms with van der Waals surface area (Å²) in [7, 11) is 1.01. The molecule has 1 fully saturated rings. The molecule has 1 unspecified atom stereocenters. The maximum Gasteiger partial charge on any atom is 0.255 e. The molecule has 1 aliphatic heterocycles. The summed E-state index contributed by atoms with van der Waals surface area (Å²) in [6.45, 7) is 1.16. The molecule has 0 spiro atoms. The minimum atomic E-state index is -1.46. The molecule has 0 radical (unpaired) electrons. The van der Waals surface area contributed by atoms with Gasteiger partial charge in [0.25, 0.3) is 5.91 Å². The molecule has 1 atom stereocenters. The highest BCUT2D eigenvalue weighted by molar-refractivity contribution is 7.10. The number of hydrogen-bond acceptors (Lipinski definition) is 4. The van der Waals surface area contributed by atoms with Gasteiger partial charge in [-0.1, -0.05) is 6.07 Å². The van der Waals surface area contributed by atoms with Crippen LogP contribution in [0.2, 0.25) is 0 Å². The van der Waals surface area contributed by atoms with Crippen molar-refractivity contribution in [3.63, 3.8) is 0 Å². The van der Waals surface area contributed by atoms with E-state index in [1.165, 1.54) is 11.3 Å². The summed E-state index contributed by atoms with van der Waals surface area (Å²) >= 11 is 1.47. The SMILES string of the molecule is COc1c(F)c(F)cc(C(=O)NC(c2cccs2)C2CCOCC2)c1F. The maximum atomic E-state index is 14.4. The molecule has 1 aromatic carbocycles. The molecule has 0 bridgehead atoms. The summed E-state index contributed by atoms with van der Waals surface area (Å²) in [4.78, 5) is 13.5. The molecule has 1 aliphatic rings. The Kier molecular flexibility index (Phi) is 5.83. The summed E-state index contributed by atoms with van der Waals surface area (Å²) < 4.78 is 51.6. The van der Waals surface area contributed by atoms with Crippen molar-refractivity contribution < 1.29 is 27.4 Å². The number of rotatable bonds is 5. The van der Waals surface area contributed by atoms with Gasteiger partial charge in [-0.05, 0) is 36.3 Å². The third-order valence-corrected chi connectivity index (χ3v) is 5.39. The number of benzene rings is 1. The Balaban J connectivity index is 1.90. The lowest BCUT2D eigenvalue weighted by atomic mass is 9.90. The normalized spacial score (nSPS) is 16.3. The molecule has 1 N–H and O–H groups in total. The number of thiophene rings is 1. The van der Waals surface area contributed by atoms with E-state index in [1.807, 2.05) is 17.5 Å². The van der Waals surface area contributed by atoms with Gasteiger partial charge >= 0.3 is 0 Å². The largest absolute Gasteiger partial charge is 0.491 e. The highest BCUT2D eigenvalue weighted by Crippen LogP contribution is 2.34. The van der Waals surface area contributed by atoms with Crippen LogP contribution < -0.4 is 10.1 Å². The third-order valence-electron chi connectivity index (χ3n) is 4.44. The molecular formula is C18H18F3NO3S. The van der Waals surface area contributed by atoms with Crippen LogP contribution in [0, 0.1) is 23.4 Å². The molecule has 0 aliphatic carbocycles. The molecule has 8 heteroatoms. The summed E-state index contributed by atoms with van der Waals surface area (Å²) in [5.41, 5.74) is -0.589. The second kappa shape index (κ2) is 8.09. The third kappa shape index (κ3) is 3.71. The minimum Gasteiger partial charge on any atom is -0.491 e. The minimum absolute atomic E-state index is 0.113. The zero-order valence-corrected chi connectivity index (χ0v) is 14.9. The molecule has 1 amide bonds. The lowest BCUT2D eigenvalue weighted by molar-refractivity contribution is 0.0517. The van der Waals surface area contributed by atoms with Gasteiger partial charge in [0.15, 0.2) is 17.4 Å². The molecule has 1 aromatic heterocycles. The monoisotopic (exact) mass is 385 g/mol.